The fourth-order valence-corrected chi connectivity index (χ4v) is 2.05. The Labute approximate surface area is 84.1 Å². The Hall–Kier alpha value is -1.12. The van der Waals surface area contributed by atoms with Crippen LogP contribution in [-0.2, 0) is 24.2 Å². The largest absolute Gasteiger partial charge is 0.334 e. The number of ketones is 1. The van der Waals surface area contributed by atoms with Gasteiger partial charge in [0.05, 0.1) is 18.4 Å². The van der Waals surface area contributed by atoms with Crippen LogP contribution in [0.4, 0.5) is 0 Å². The highest BCUT2D eigenvalue weighted by atomic mass is 16.1. The number of imidazole rings is 1. The van der Waals surface area contributed by atoms with Crippen LogP contribution < -0.4 is 0 Å². The van der Waals surface area contributed by atoms with Gasteiger partial charge in [0, 0.05) is 12.2 Å². The van der Waals surface area contributed by atoms with Gasteiger partial charge < -0.3 is 4.57 Å². The van der Waals surface area contributed by atoms with Crippen LogP contribution in [0.5, 0.6) is 0 Å². The van der Waals surface area contributed by atoms with Gasteiger partial charge in [-0.3, -0.25) is 4.79 Å². The average molecular weight is 192 g/mol. The van der Waals surface area contributed by atoms with Crippen molar-refractivity contribution in [3.8, 4) is 0 Å². The second-order valence-corrected chi connectivity index (χ2v) is 4.31. The Balaban J connectivity index is 2.26. The second-order valence-electron chi connectivity index (χ2n) is 4.31. The van der Waals surface area contributed by atoms with Gasteiger partial charge in [0.15, 0.2) is 0 Å². The van der Waals surface area contributed by atoms with E-state index < -0.39 is 0 Å². The van der Waals surface area contributed by atoms with E-state index in [1.165, 1.54) is 12.1 Å². The molecule has 14 heavy (non-hydrogen) atoms. The second kappa shape index (κ2) is 3.56. The molecule has 0 aliphatic carbocycles. The van der Waals surface area contributed by atoms with E-state index >= 15 is 0 Å². The molecule has 0 fully saturated rings. The molecule has 0 spiro atoms. The number of Topliss-reactive ketones (excluding diaryl/α,β-unsaturated/α-hetero) is 1. The Morgan fingerprint density at radius 1 is 1.71 bits per heavy atom. The number of aryl methyl sites for hydroxylation is 1. The smallest absolute Gasteiger partial charge is 0.135 e. The molecule has 1 aromatic rings. The van der Waals surface area contributed by atoms with Crippen LogP contribution in [0, 0.1) is 5.92 Å². The number of nitrogens with zero attached hydrogens (tertiary/aromatic N) is 2. The van der Waals surface area contributed by atoms with Crippen LogP contribution in [0.1, 0.15) is 31.7 Å². The standard InChI is InChI=1S/C11H16N2O/c1-8-3-4-13-7-12-10(6-9(2)14)11(13)5-8/h7-8H,3-6H2,1-2H3. The van der Waals surface area contributed by atoms with Crippen LogP contribution in [0.25, 0.3) is 0 Å². The average Bonchev–Trinajstić information content (AvgIpc) is 2.47. The van der Waals surface area contributed by atoms with E-state index in [-0.39, 0.29) is 5.78 Å². The van der Waals surface area contributed by atoms with E-state index in [2.05, 4.69) is 16.5 Å². The first-order chi connectivity index (χ1) is 6.66. The van der Waals surface area contributed by atoms with E-state index in [1.54, 1.807) is 6.92 Å². The lowest BCUT2D eigenvalue weighted by molar-refractivity contribution is -0.116. The van der Waals surface area contributed by atoms with Gasteiger partial charge in [-0.1, -0.05) is 6.92 Å². The van der Waals surface area contributed by atoms with E-state index in [9.17, 15) is 4.79 Å². The summed E-state index contributed by atoms with van der Waals surface area (Å²) in [7, 11) is 0. The Morgan fingerprint density at radius 3 is 3.21 bits per heavy atom. The number of carbonyl (C=O) groups is 1. The molecule has 76 valence electrons. The minimum absolute atomic E-state index is 0.199. The first-order valence-corrected chi connectivity index (χ1v) is 5.19. The van der Waals surface area contributed by atoms with Crippen LogP contribution in [0.15, 0.2) is 6.33 Å². The lowest BCUT2D eigenvalue weighted by atomic mass is 9.96. The molecule has 2 rings (SSSR count). The van der Waals surface area contributed by atoms with Gasteiger partial charge in [-0.25, -0.2) is 4.98 Å². The summed E-state index contributed by atoms with van der Waals surface area (Å²) in [6.07, 6.45) is 4.67. The molecule has 1 aliphatic rings. The monoisotopic (exact) mass is 192 g/mol. The number of aromatic nitrogens is 2. The van der Waals surface area contributed by atoms with Crippen molar-refractivity contribution < 1.29 is 4.79 Å². The highest BCUT2D eigenvalue weighted by Gasteiger charge is 2.19. The third kappa shape index (κ3) is 1.72. The molecule has 1 unspecified atom stereocenters. The van der Waals surface area contributed by atoms with Gasteiger partial charge in [0.25, 0.3) is 0 Å². The molecular weight excluding hydrogens is 176 g/mol. The number of hydrogen-bond acceptors (Lipinski definition) is 2. The van der Waals surface area contributed by atoms with Crippen molar-refractivity contribution in [2.45, 2.75) is 39.7 Å². The lowest BCUT2D eigenvalue weighted by Crippen LogP contribution is -2.17. The van der Waals surface area contributed by atoms with E-state index in [4.69, 9.17) is 0 Å². The molecular formula is C11H16N2O. The maximum atomic E-state index is 11.0. The fraction of sp³-hybridized carbons (Fsp3) is 0.636. The molecule has 0 amide bonds. The number of carbonyl (C=O) groups excluding carboxylic acids is 1. The summed E-state index contributed by atoms with van der Waals surface area (Å²) in [4.78, 5) is 15.3. The van der Waals surface area contributed by atoms with Gasteiger partial charge in [0.2, 0.25) is 0 Å². The molecule has 3 nitrogen and oxygen atoms in total. The summed E-state index contributed by atoms with van der Waals surface area (Å²) in [5.74, 6) is 0.926. The zero-order chi connectivity index (χ0) is 10.1. The van der Waals surface area contributed by atoms with Crippen molar-refractivity contribution in [2.75, 3.05) is 0 Å². The predicted molar refractivity (Wildman–Crippen MR) is 54.1 cm³/mol. The highest BCUT2D eigenvalue weighted by Crippen LogP contribution is 2.22. The molecule has 0 N–H and O–H groups in total. The van der Waals surface area contributed by atoms with Crippen molar-refractivity contribution >= 4 is 5.78 Å². The summed E-state index contributed by atoms with van der Waals surface area (Å²) in [6.45, 7) is 4.94. The SMILES string of the molecule is CC(=O)Cc1ncn2c1CC(C)CC2. The minimum Gasteiger partial charge on any atom is -0.334 e. The lowest BCUT2D eigenvalue weighted by Gasteiger charge is -2.21. The molecule has 1 aromatic heterocycles. The minimum atomic E-state index is 0.199. The first kappa shape index (κ1) is 9.44. The molecule has 1 atom stereocenters. The van der Waals surface area contributed by atoms with Gasteiger partial charge in [-0.2, -0.15) is 0 Å². The quantitative estimate of drug-likeness (QED) is 0.713. The third-order valence-corrected chi connectivity index (χ3v) is 2.85. The van der Waals surface area contributed by atoms with Crippen LogP contribution >= 0.6 is 0 Å². The van der Waals surface area contributed by atoms with Crippen molar-refractivity contribution in [1.29, 1.82) is 0 Å². The Kier molecular flexibility index (Phi) is 2.40. The van der Waals surface area contributed by atoms with Gasteiger partial charge in [-0.05, 0) is 25.7 Å². The normalized spacial score (nSPS) is 20.6. The summed E-state index contributed by atoms with van der Waals surface area (Å²) < 4.78 is 2.19. The summed E-state index contributed by atoms with van der Waals surface area (Å²) in [5.41, 5.74) is 2.27. The zero-order valence-corrected chi connectivity index (χ0v) is 8.79. The van der Waals surface area contributed by atoms with Crippen molar-refractivity contribution in [2.24, 2.45) is 5.92 Å². The summed E-state index contributed by atoms with van der Waals surface area (Å²) in [5, 5.41) is 0. The predicted octanol–water partition coefficient (Wildman–Crippen LogP) is 1.60. The number of rotatable bonds is 2. The Bertz CT molecular complexity index is 354. The summed E-state index contributed by atoms with van der Waals surface area (Å²) >= 11 is 0. The van der Waals surface area contributed by atoms with Gasteiger partial charge in [0.1, 0.15) is 5.78 Å². The van der Waals surface area contributed by atoms with Crippen LogP contribution in [-0.4, -0.2) is 15.3 Å². The summed E-state index contributed by atoms with van der Waals surface area (Å²) in [6, 6.07) is 0. The fourth-order valence-electron chi connectivity index (χ4n) is 2.05. The third-order valence-electron chi connectivity index (χ3n) is 2.85. The van der Waals surface area contributed by atoms with Gasteiger partial charge in [-0.15, -0.1) is 0 Å². The molecule has 0 radical (unpaired) electrons. The molecule has 2 heterocycles. The maximum absolute atomic E-state index is 11.0. The molecule has 1 aliphatic heterocycles. The van der Waals surface area contributed by atoms with E-state index in [0.717, 1.165) is 24.6 Å². The first-order valence-electron chi connectivity index (χ1n) is 5.19. The maximum Gasteiger partial charge on any atom is 0.135 e. The van der Waals surface area contributed by atoms with Crippen LogP contribution in [0.3, 0.4) is 0 Å². The number of fused-ring (bicyclic) bond motifs is 1. The van der Waals surface area contributed by atoms with E-state index in [1.807, 2.05) is 6.33 Å². The number of hydrogen-bond donors (Lipinski definition) is 0. The zero-order valence-electron chi connectivity index (χ0n) is 8.79. The van der Waals surface area contributed by atoms with Crippen molar-refractivity contribution in [3.05, 3.63) is 17.7 Å². The molecule has 0 saturated carbocycles. The van der Waals surface area contributed by atoms with E-state index in [0.29, 0.717) is 6.42 Å². The van der Waals surface area contributed by atoms with Crippen LogP contribution in [0.2, 0.25) is 0 Å². The Morgan fingerprint density at radius 2 is 2.50 bits per heavy atom. The molecule has 0 aromatic carbocycles. The molecule has 0 saturated heterocycles. The topological polar surface area (TPSA) is 34.9 Å². The van der Waals surface area contributed by atoms with Gasteiger partial charge >= 0.3 is 0 Å². The molecule has 0 bridgehead atoms. The highest BCUT2D eigenvalue weighted by molar-refractivity contribution is 5.77. The van der Waals surface area contributed by atoms with Crippen molar-refractivity contribution in [3.63, 3.8) is 0 Å². The van der Waals surface area contributed by atoms with Crippen molar-refractivity contribution in [1.82, 2.24) is 9.55 Å². The molecule has 3 heteroatoms.